The lowest BCUT2D eigenvalue weighted by molar-refractivity contribution is 0.120. The number of hydrogen-bond acceptors (Lipinski definition) is 2. The molecule has 82 valence electrons. The fourth-order valence-corrected chi connectivity index (χ4v) is 1.82. The minimum Gasteiger partial charge on any atom is -0.380 e. The van der Waals surface area contributed by atoms with Crippen LogP contribution in [0.2, 0.25) is 5.02 Å². The van der Waals surface area contributed by atoms with E-state index in [0.29, 0.717) is 17.3 Å². The Hall–Kier alpha value is -0.800. The minimum atomic E-state index is -0.319. The molecule has 4 heteroatoms. The summed E-state index contributed by atoms with van der Waals surface area (Å²) in [6, 6.07) is 4.62. The Labute approximate surface area is 93.4 Å². The zero-order valence-corrected chi connectivity index (χ0v) is 9.06. The van der Waals surface area contributed by atoms with E-state index in [0.717, 1.165) is 19.4 Å². The molecule has 1 saturated heterocycles. The van der Waals surface area contributed by atoms with Gasteiger partial charge in [-0.05, 0) is 31.0 Å². The SMILES string of the molecule is Fc1cc(Cl)ccc1NCC1CCCO1. The maximum Gasteiger partial charge on any atom is 0.147 e. The smallest absolute Gasteiger partial charge is 0.147 e. The van der Waals surface area contributed by atoms with E-state index in [2.05, 4.69) is 5.32 Å². The van der Waals surface area contributed by atoms with Gasteiger partial charge in [-0.1, -0.05) is 11.6 Å². The van der Waals surface area contributed by atoms with Crippen LogP contribution in [0.4, 0.5) is 10.1 Å². The Morgan fingerprint density at radius 1 is 1.53 bits per heavy atom. The molecule has 0 amide bonds. The quantitative estimate of drug-likeness (QED) is 0.860. The lowest BCUT2D eigenvalue weighted by atomic mass is 10.2. The fourth-order valence-electron chi connectivity index (χ4n) is 1.66. The summed E-state index contributed by atoms with van der Waals surface area (Å²) in [6.07, 6.45) is 2.34. The molecule has 2 nitrogen and oxygen atoms in total. The van der Waals surface area contributed by atoms with Gasteiger partial charge in [0.1, 0.15) is 5.82 Å². The molecule has 1 aromatic rings. The fraction of sp³-hybridized carbons (Fsp3) is 0.455. The van der Waals surface area contributed by atoms with Gasteiger partial charge < -0.3 is 10.1 Å². The van der Waals surface area contributed by atoms with Crippen molar-refractivity contribution in [1.82, 2.24) is 0 Å². The number of halogens is 2. The van der Waals surface area contributed by atoms with Crippen molar-refractivity contribution in [2.45, 2.75) is 18.9 Å². The first-order chi connectivity index (χ1) is 7.25. The van der Waals surface area contributed by atoms with Gasteiger partial charge in [-0.15, -0.1) is 0 Å². The predicted molar refractivity (Wildman–Crippen MR) is 58.9 cm³/mol. The van der Waals surface area contributed by atoms with Crippen molar-refractivity contribution in [2.24, 2.45) is 0 Å². The monoisotopic (exact) mass is 229 g/mol. The highest BCUT2D eigenvalue weighted by atomic mass is 35.5. The van der Waals surface area contributed by atoms with E-state index in [1.165, 1.54) is 6.07 Å². The van der Waals surface area contributed by atoms with Crippen LogP contribution in [0.3, 0.4) is 0 Å². The van der Waals surface area contributed by atoms with Gasteiger partial charge in [-0.25, -0.2) is 4.39 Å². The second-order valence-electron chi connectivity index (χ2n) is 3.64. The molecule has 0 aliphatic carbocycles. The third-order valence-corrected chi connectivity index (χ3v) is 2.71. The summed E-state index contributed by atoms with van der Waals surface area (Å²) in [5, 5.41) is 3.44. The maximum atomic E-state index is 13.3. The Morgan fingerprint density at radius 2 is 2.40 bits per heavy atom. The van der Waals surface area contributed by atoms with Crippen LogP contribution < -0.4 is 5.32 Å². The normalized spacial score (nSPS) is 20.5. The predicted octanol–water partition coefficient (Wildman–Crippen LogP) is 3.07. The van der Waals surface area contributed by atoms with E-state index in [9.17, 15) is 4.39 Å². The van der Waals surface area contributed by atoms with E-state index >= 15 is 0 Å². The summed E-state index contributed by atoms with van der Waals surface area (Å²) < 4.78 is 18.8. The summed E-state index contributed by atoms with van der Waals surface area (Å²) in [7, 11) is 0. The highest BCUT2D eigenvalue weighted by Gasteiger charge is 2.15. The molecule has 1 atom stereocenters. The molecule has 1 unspecified atom stereocenters. The summed E-state index contributed by atoms with van der Waals surface area (Å²) in [4.78, 5) is 0. The maximum absolute atomic E-state index is 13.3. The van der Waals surface area contributed by atoms with Crippen LogP contribution in [0, 0.1) is 5.82 Å². The second-order valence-corrected chi connectivity index (χ2v) is 4.08. The average molecular weight is 230 g/mol. The van der Waals surface area contributed by atoms with Gasteiger partial charge >= 0.3 is 0 Å². The molecular formula is C11H13ClFNO. The largest absolute Gasteiger partial charge is 0.380 e. The van der Waals surface area contributed by atoms with Crippen molar-refractivity contribution < 1.29 is 9.13 Å². The van der Waals surface area contributed by atoms with E-state index < -0.39 is 0 Å². The van der Waals surface area contributed by atoms with Crippen LogP contribution >= 0.6 is 11.6 Å². The summed E-state index contributed by atoms with van der Waals surface area (Å²) in [5.74, 6) is -0.319. The molecule has 2 rings (SSSR count). The van der Waals surface area contributed by atoms with Crippen molar-refractivity contribution in [3.05, 3.63) is 29.0 Å². The number of rotatable bonds is 3. The number of ether oxygens (including phenoxy) is 1. The van der Waals surface area contributed by atoms with Gasteiger partial charge in [-0.2, -0.15) is 0 Å². The number of nitrogens with one attached hydrogen (secondary N) is 1. The minimum absolute atomic E-state index is 0.208. The third-order valence-electron chi connectivity index (χ3n) is 2.48. The molecule has 0 spiro atoms. The van der Waals surface area contributed by atoms with Gasteiger partial charge in [0.05, 0.1) is 11.8 Å². The van der Waals surface area contributed by atoms with Crippen LogP contribution in [0.1, 0.15) is 12.8 Å². The molecule has 15 heavy (non-hydrogen) atoms. The number of benzene rings is 1. The van der Waals surface area contributed by atoms with Gasteiger partial charge in [0.2, 0.25) is 0 Å². The van der Waals surface area contributed by atoms with Gasteiger partial charge in [0.25, 0.3) is 0 Å². The summed E-state index contributed by atoms with van der Waals surface area (Å²) >= 11 is 5.65. The van der Waals surface area contributed by atoms with Gasteiger partial charge in [0, 0.05) is 18.2 Å². The first-order valence-corrected chi connectivity index (χ1v) is 5.44. The van der Waals surface area contributed by atoms with Crippen molar-refractivity contribution in [3.8, 4) is 0 Å². The molecule has 1 aliphatic rings. The average Bonchev–Trinajstić information content (AvgIpc) is 2.69. The summed E-state index contributed by atoms with van der Waals surface area (Å²) in [6.45, 7) is 1.47. The van der Waals surface area contributed by atoms with E-state index in [4.69, 9.17) is 16.3 Å². The van der Waals surface area contributed by atoms with Crippen LogP contribution in [-0.2, 0) is 4.74 Å². The molecule has 0 radical (unpaired) electrons. The van der Waals surface area contributed by atoms with Crippen molar-refractivity contribution in [2.75, 3.05) is 18.5 Å². The molecule has 1 aliphatic heterocycles. The molecular weight excluding hydrogens is 217 g/mol. The van der Waals surface area contributed by atoms with Crippen LogP contribution in [0.25, 0.3) is 0 Å². The lowest BCUT2D eigenvalue weighted by Crippen LogP contribution is -2.18. The molecule has 1 fully saturated rings. The Kier molecular flexibility index (Phi) is 3.44. The third kappa shape index (κ3) is 2.83. The zero-order valence-electron chi connectivity index (χ0n) is 8.30. The van der Waals surface area contributed by atoms with Crippen LogP contribution in [0.5, 0.6) is 0 Å². The molecule has 0 aromatic heterocycles. The lowest BCUT2D eigenvalue weighted by Gasteiger charge is -2.12. The van der Waals surface area contributed by atoms with Crippen molar-refractivity contribution in [3.63, 3.8) is 0 Å². The number of hydrogen-bond donors (Lipinski definition) is 1. The van der Waals surface area contributed by atoms with E-state index in [1.54, 1.807) is 12.1 Å². The first-order valence-electron chi connectivity index (χ1n) is 5.06. The highest BCUT2D eigenvalue weighted by Crippen LogP contribution is 2.20. The topological polar surface area (TPSA) is 21.3 Å². The van der Waals surface area contributed by atoms with Gasteiger partial charge in [0.15, 0.2) is 0 Å². The zero-order chi connectivity index (χ0) is 10.7. The molecule has 1 heterocycles. The Morgan fingerprint density at radius 3 is 3.07 bits per heavy atom. The van der Waals surface area contributed by atoms with E-state index in [-0.39, 0.29) is 11.9 Å². The molecule has 0 bridgehead atoms. The molecule has 1 aromatic carbocycles. The van der Waals surface area contributed by atoms with Crippen LogP contribution in [0.15, 0.2) is 18.2 Å². The van der Waals surface area contributed by atoms with Crippen molar-refractivity contribution in [1.29, 1.82) is 0 Å². The second kappa shape index (κ2) is 4.81. The molecule has 0 saturated carbocycles. The Balaban J connectivity index is 1.92. The first kappa shape index (κ1) is 10.7. The van der Waals surface area contributed by atoms with Crippen LogP contribution in [-0.4, -0.2) is 19.3 Å². The van der Waals surface area contributed by atoms with Crippen molar-refractivity contribution >= 4 is 17.3 Å². The van der Waals surface area contributed by atoms with Gasteiger partial charge in [-0.3, -0.25) is 0 Å². The van der Waals surface area contributed by atoms with E-state index in [1.807, 2.05) is 0 Å². The highest BCUT2D eigenvalue weighted by molar-refractivity contribution is 6.30. The summed E-state index contributed by atoms with van der Waals surface area (Å²) in [5.41, 5.74) is 0.481. The number of anilines is 1. The molecule has 1 N–H and O–H groups in total. The Bertz CT molecular complexity index is 339. The standard InChI is InChI=1S/C11H13ClFNO/c12-8-3-4-11(10(13)6-8)14-7-9-2-1-5-15-9/h3-4,6,9,14H,1-2,5,7H2.